The van der Waals surface area contributed by atoms with Crippen LogP contribution >= 0.6 is 11.3 Å². The number of carbonyl (C=O) groups is 1. The van der Waals surface area contributed by atoms with Gasteiger partial charge in [-0.1, -0.05) is 18.9 Å². The molecule has 2 aliphatic heterocycles. The van der Waals surface area contributed by atoms with Crippen molar-refractivity contribution in [1.82, 2.24) is 15.3 Å². The molecule has 2 aromatic rings. The Morgan fingerprint density at radius 1 is 1.11 bits per heavy atom. The molecule has 5 rings (SSSR count). The maximum absolute atomic E-state index is 12.3. The zero-order valence-electron chi connectivity index (χ0n) is 15.5. The Morgan fingerprint density at radius 3 is 2.68 bits per heavy atom. The van der Waals surface area contributed by atoms with Gasteiger partial charge < -0.3 is 20.1 Å². The van der Waals surface area contributed by atoms with E-state index in [1.807, 2.05) is 29.8 Å². The maximum atomic E-state index is 12.3. The lowest BCUT2D eigenvalue weighted by molar-refractivity contribution is 0.0652. The SMILES string of the molecule is O=C(N[C@@H]1CO[C@@H]2[C@@H]1OC[C@@H]2Nc1nccc(C2CCCC2)n1)c1cccs1. The summed E-state index contributed by atoms with van der Waals surface area (Å²) in [4.78, 5) is 22.2. The second kappa shape index (κ2) is 7.77. The number of nitrogens with zero attached hydrogens (tertiary/aromatic N) is 2. The molecule has 2 saturated heterocycles. The quantitative estimate of drug-likeness (QED) is 0.802. The van der Waals surface area contributed by atoms with Crippen molar-refractivity contribution in [3.8, 4) is 0 Å². The maximum Gasteiger partial charge on any atom is 0.261 e. The van der Waals surface area contributed by atoms with Crippen LogP contribution in [0.15, 0.2) is 29.8 Å². The smallest absolute Gasteiger partial charge is 0.261 e. The van der Waals surface area contributed by atoms with Gasteiger partial charge in [-0.05, 0) is 30.4 Å². The molecule has 1 aliphatic carbocycles. The lowest BCUT2D eigenvalue weighted by atomic mass is 10.0. The summed E-state index contributed by atoms with van der Waals surface area (Å²) in [6.45, 7) is 0.964. The first-order valence-corrected chi connectivity index (χ1v) is 10.8. The van der Waals surface area contributed by atoms with Crippen molar-refractivity contribution in [1.29, 1.82) is 0 Å². The molecule has 4 heterocycles. The highest BCUT2D eigenvalue weighted by atomic mass is 32.1. The minimum absolute atomic E-state index is 0.0209. The number of thiophene rings is 1. The van der Waals surface area contributed by atoms with Crippen molar-refractivity contribution in [2.45, 2.75) is 55.9 Å². The van der Waals surface area contributed by atoms with Gasteiger partial charge in [-0.2, -0.15) is 0 Å². The lowest BCUT2D eigenvalue weighted by Gasteiger charge is -2.18. The van der Waals surface area contributed by atoms with E-state index in [9.17, 15) is 4.79 Å². The van der Waals surface area contributed by atoms with E-state index < -0.39 is 0 Å². The van der Waals surface area contributed by atoms with Crippen molar-refractivity contribution >= 4 is 23.2 Å². The third-order valence-corrected chi connectivity index (χ3v) is 6.75. The van der Waals surface area contributed by atoms with Crippen LogP contribution in [0.4, 0.5) is 5.95 Å². The topological polar surface area (TPSA) is 85.4 Å². The van der Waals surface area contributed by atoms with E-state index in [1.54, 1.807) is 0 Å². The molecule has 148 valence electrons. The number of nitrogens with one attached hydrogen (secondary N) is 2. The van der Waals surface area contributed by atoms with Gasteiger partial charge in [-0.15, -0.1) is 11.3 Å². The third kappa shape index (κ3) is 3.52. The predicted octanol–water partition coefficient (Wildman–Crippen LogP) is 2.57. The first-order chi connectivity index (χ1) is 13.8. The standard InChI is InChI=1S/C20H24N4O3S/c25-19(16-6-3-9-28-16)22-14-10-26-18-15(11-27-17(14)18)24-20-21-8-7-13(23-20)12-4-1-2-5-12/h3,6-9,12,14-15,17-18H,1-2,4-5,10-11H2,(H,22,25)(H,21,23,24)/t14-,15+,17-,18+/m1/s1. The lowest BCUT2D eigenvalue weighted by Crippen LogP contribution is -2.44. The minimum Gasteiger partial charge on any atom is -0.371 e. The van der Waals surface area contributed by atoms with E-state index in [-0.39, 0.29) is 30.2 Å². The van der Waals surface area contributed by atoms with E-state index in [0.717, 1.165) is 5.69 Å². The number of ether oxygens (including phenoxy) is 2. The molecule has 28 heavy (non-hydrogen) atoms. The monoisotopic (exact) mass is 400 g/mol. The Bertz CT molecular complexity index is 825. The second-order valence-electron chi connectivity index (χ2n) is 7.69. The number of hydrogen-bond acceptors (Lipinski definition) is 7. The van der Waals surface area contributed by atoms with Gasteiger partial charge in [0.15, 0.2) is 0 Å². The van der Waals surface area contributed by atoms with E-state index in [2.05, 4.69) is 15.6 Å². The summed E-state index contributed by atoms with van der Waals surface area (Å²) in [5.41, 5.74) is 1.12. The highest BCUT2D eigenvalue weighted by Gasteiger charge is 2.48. The molecule has 0 unspecified atom stereocenters. The Hall–Kier alpha value is -2.03. The fourth-order valence-corrected chi connectivity index (χ4v) is 5.08. The van der Waals surface area contributed by atoms with Gasteiger partial charge in [-0.25, -0.2) is 9.97 Å². The first kappa shape index (κ1) is 18.0. The highest BCUT2D eigenvalue weighted by molar-refractivity contribution is 7.12. The van der Waals surface area contributed by atoms with Gasteiger partial charge in [0.2, 0.25) is 5.95 Å². The Morgan fingerprint density at radius 2 is 1.89 bits per heavy atom. The number of aromatic nitrogens is 2. The minimum atomic E-state index is -0.153. The molecular formula is C20H24N4O3S. The highest BCUT2D eigenvalue weighted by Crippen LogP contribution is 2.33. The molecule has 8 heteroatoms. The molecule has 7 nitrogen and oxygen atoms in total. The van der Waals surface area contributed by atoms with Gasteiger partial charge in [0.1, 0.15) is 12.2 Å². The van der Waals surface area contributed by atoms with Crippen LogP contribution in [0.3, 0.4) is 0 Å². The van der Waals surface area contributed by atoms with Gasteiger partial charge in [-0.3, -0.25) is 4.79 Å². The number of fused-ring (bicyclic) bond motifs is 1. The van der Waals surface area contributed by atoms with Gasteiger partial charge >= 0.3 is 0 Å². The van der Waals surface area contributed by atoms with Gasteiger partial charge in [0.05, 0.1) is 30.2 Å². The molecule has 1 amide bonds. The summed E-state index contributed by atoms with van der Waals surface area (Å²) in [6, 6.07) is 5.56. The molecular weight excluding hydrogens is 376 g/mol. The summed E-state index contributed by atoms with van der Waals surface area (Å²) < 4.78 is 11.9. The van der Waals surface area contributed by atoms with Crippen LogP contribution in [0.25, 0.3) is 0 Å². The van der Waals surface area contributed by atoms with E-state index >= 15 is 0 Å². The molecule has 0 bridgehead atoms. The molecule has 3 aliphatic rings. The molecule has 1 saturated carbocycles. The molecule has 0 aromatic carbocycles. The fourth-order valence-electron chi connectivity index (χ4n) is 4.45. The molecule has 2 aromatic heterocycles. The Kier molecular flexibility index (Phi) is 5.00. The summed E-state index contributed by atoms with van der Waals surface area (Å²) in [6.07, 6.45) is 6.54. The van der Waals surface area contributed by atoms with Crippen LogP contribution in [-0.4, -0.2) is 53.4 Å². The van der Waals surface area contributed by atoms with Crippen LogP contribution in [0.2, 0.25) is 0 Å². The van der Waals surface area contributed by atoms with Crippen molar-refractivity contribution in [3.05, 3.63) is 40.3 Å². The largest absolute Gasteiger partial charge is 0.371 e. The summed E-state index contributed by atoms with van der Waals surface area (Å²) in [5, 5.41) is 8.34. The second-order valence-corrected chi connectivity index (χ2v) is 8.64. The van der Waals surface area contributed by atoms with Crippen molar-refractivity contribution in [2.24, 2.45) is 0 Å². The van der Waals surface area contributed by atoms with Crippen LogP contribution in [-0.2, 0) is 9.47 Å². The third-order valence-electron chi connectivity index (χ3n) is 5.88. The van der Waals surface area contributed by atoms with E-state index in [0.29, 0.717) is 30.0 Å². The average molecular weight is 401 g/mol. The summed E-state index contributed by atoms with van der Waals surface area (Å²) in [5.74, 6) is 1.11. The molecule has 4 atom stereocenters. The van der Waals surface area contributed by atoms with E-state index in [4.69, 9.17) is 14.5 Å². The van der Waals surface area contributed by atoms with Crippen LogP contribution in [0.1, 0.15) is 47.0 Å². The number of rotatable bonds is 5. The Balaban J connectivity index is 1.22. The molecule has 2 N–H and O–H groups in total. The fraction of sp³-hybridized carbons (Fsp3) is 0.550. The summed E-state index contributed by atoms with van der Waals surface area (Å²) in [7, 11) is 0. The van der Waals surface area contributed by atoms with Crippen molar-refractivity contribution in [2.75, 3.05) is 18.5 Å². The van der Waals surface area contributed by atoms with Gasteiger partial charge in [0.25, 0.3) is 5.91 Å². The average Bonchev–Trinajstić information content (AvgIpc) is 3.50. The molecule has 0 spiro atoms. The number of hydrogen-bond donors (Lipinski definition) is 2. The van der Waals surface area contributed by atoms with Crippen molar-refractivity contribution < 1.29 is 14.3 Å². The zero-order chi connectivity index (χ0) is 18.9. The van der Waals surface area contributed by atoms with Crippen LogP contribution < -0.4 is 10.6 Å². The van der Waals surface area contributed by atoms with Crippen LogP contribution in [0.5, 0.6) is 0 Å². The Labute approximate surface area is 167 Å². The summed E-state index contributed by atoms with van der Waals surface area (Å²) >= 11 is 1.43. The predicted molar refractivity (Wildman–Crippen MR) is 106 cm³/mol. The normalized spacial score (nSPS) is 29.7. The van der Waals surface area contributed by atoms with Crippen molar-refractivity contribution in [3.63, 3.8) is 0 Å². The van der Waals surface area contributed by atoms with Gasteiger partial charge in [0, 0.05) is 17.8 Å². The first-order valence-electron chi connectivity index (χ1n) is 9.95. The molecule has 3 fully saturated rings. The molecule has 0 radical (unpaired) electrons. The number of amides is 1. The number of anilines is 1. The number of carbonyl (C=O) groups excluding carboxylic acids is 1. The van der Waals surface area contributed by atoms with Crippen LogP contribution in [0, 0.1) is 0 Å². The zero-order valence-corrected chi connectivity index (χ0v) is 16.4. The van der Waals surface area contributed by atoms with E-state index in [1.165, 1.54) is 37.0 Å².